The first kappa shape index (κ1) is 18.8. The summed E-state index contributed by atoms with van der Waals surface area (Å²) in [6.45, 7) is 2.55. The van der Waals surface area contributed by atoms with Gasteiger partial charge in [0, 0.05) is 10.0 Å². The number of halogens is 2. The highest BCUT2D eigenvalue weighted by atomic mass is 79.9. The average molecular weight is 379 g/mol. The minimum Gasteiger partial charge on any atom is -0.494 e. The van der Waals surface area contributed by atoms with Crippen molar-refractivity contribution in [3.8, 4) is 5.75 Å². The van der Waals surface area contributed by atoms with Crippen LogP contribution in [-0.2, 0) is 0 Å². The molecule has 1 aromatic carbocycles. The zero-order chi connectivity index (χ0) is 14.5. The first-order valence-electron chi connectivity index (χ1n) is 7.49. The highest BCUT2D eigenvalue weighted by Crippen LogP contribution is 2.35. The van der Waals surface area contributed by atoms with Crippen LogP contribution in [0.2, 0.25) is 0 Å². The van der Waals surface area contributed by atoms with Gasteiger partial charge in [-0.25, -0.2) is 0 Å². The van der Waals surface area contributed by atoms with Crippen molar-refractivity contribution >= 4 is 28.3 Å². The average Bonchev–Trinajstić information content (AvgIpc) is 2.48. The van der Waals surface area contributed by atoms with E-state index in [-0.39, 0.29) is 12.4 Å². The second kappa shape index (κ2) is 8.99. The molecule has 3 N–H and O–H groups in total. The number of rotatable bonds is 5. The van der Waals surface area contributed by atoms with Crippen LogP contribution in [0.4, 0.5) is 0 Å². The lowest BCUT2D eigenvalue weighted by atomic mass is 9.81. The van der Waals surface area contributed by atoms with Crippen LogP contribution >= 0.6 is 28.3 Å². The molecule has 0 saturated heterocycles. The van der Waals surface area contributed by atoms with E-state index in [4.69, 9.17) is 10.5 Å². The highest BCUT2D eigenvalue weighted by Gasteiger charge is 2.29. The van der Waals surface area contributed by atoms with Crippen molar-refractivity contribution in [3.05, 3.63) is 28.2 Å². The number of aliphatic hydroxyl groups is 1. The molecular formula is C16H25BrClNO2. The lowest BCUT2D eigenvalue weighted by Crippen LogP contribution is -2.34. The van der Waals surface area contributed by atoms with Gasteiger partial charge in [-0.1, -0.05) is 35.2 Å². The van der Waals surface area contributed by atoms with Gasteiger partial charge in [0.25, 0.3) is 0 Å². The summed E-state index contributed by atoms with van der Waals surface area (Å²) in [7, 11) is 0. The molecule has 0 radical (unpaired) electrons. The summed E-state index contributed by atoms with van der Waals surface area (Å²) in [4.78, 5) is 0. The second-order valence-electron chi connectivity index (χ2n) is 5.53. The van der Waals surface area contributed by atoms with E-state index in [9.17, 15) is 5.11 Å². The van der Waals surface area contributed by atoms with E-state index in [0.717, 1.165) is 28.6 Å². The summed E-state index contributed by atoms with van der Waals surface area (Å²) in [5, 5.41) is 10.6. The maximum Gasteiger partial charge on any atom is 0.124 e. The van der Waals surface area contributed by atoms with Crippen molar-refractivity contribution < 1.29 is 9.84 Å². The Morgan fingerprint density at radius 1 is 1.33 bits per heavy atom. The molecule has 2 rings (SSSR count). The molecule has 0 spiro atoms. The number of hydrogen-bond acceptors (Lipinski definition) is 3. The number of ether oxygens (including phenoxy) is 1. The summed E-state index contributed by atoms with van der Waals surface area (Å²) in [6.07, 6.45) is 5.33. The van der Waals surface area contributed by atoms with Gasteiger partial charge in [-0.2, -0.15) is 0 Å². The Hall–Kier alpha value is -0.290. The van der Waals surface area contributed by atoms with Gasteiger partial charge in [-0.05, 0) is 43.9 Å². The van der Waals surface area contributed by atoms with E-state index < -0.39 is 12.1 Å². The Balaban J connectivity index is 0.00000220. The zero-order valence-electron chi connectivity index (χ0n) is 12.4. The number of hydrogen-bond donors (Lipinski definition) is 2. The molecule has 1 aliphatic carbocycles. The second-order valence-corrected chi connectivity index (χ2v) is 6.45. The molecule has 5 heteroatoms. The van der Waals surface area contributed by atoms with Gasteiger partial charge >= 0.3 is 0 Å². The summed E-state index contributed by atoms with van der Waals surface area (Å²) in [5.41, 5.74) is 7.21. The first-order chi connectivity index (χ1) is 9.63. The standard InChI is InChI=1S/C16H24BrNO2.ClH/c1-2-20-14-9-8-12(17)10-13(14)15(18)16(19)11-6-4-3-5-7-11;/h8-11,15-16,19H,2-7,18H2,1H3;1H/t15-,16+;/m0./s1. The molecule has 0 heterocycles. The van der Waals surface area contributed by atoms with Gasteiger partial charge in [0.15, 0.2) is 0 Å². The minimum atomic E-state index is -0.496. The summed E-state index contributed by atoms with van der Waals surface area (Å²) in [5.74, 6) is 1.09. The van der Waals surface area contributed by atoms with Crippen LogP contribution in [-0.4, -0.2) is 17.8 Å². The number of aliphatic hydroxyl groups excluding tert-OH is 1. The molecule has 1 aliphatic rings. The van der Waals surface area contributed by atoms with Crippen LogP contribution in [0.15, 0.2) is 22.7 Å². The van der Waals surface area contributed by atoms with Crippen molar-refractivity contribution in [1.82, 2.24) is 0 Å². The molecule has 1 aromatic rings. The number of benzene rings is 1. The van der Waals surface area contributed by atoms with Crippen LogP contribution in [0, 0.1) is 5.92 Å². The van der Waals surface area contributed by atoms with Crippen molar-refractivity contribution in [1.29, 1.82) is 0 Å². The quantitative estimate of drug-likeness (QED) is 0.807. The maximum atomic E-state index is 10.6. The molecule has 2 atom stereocenters. The molecule has 0 unspecified atom stereocenters. The fraction of sp³-hybridized carbons (Fsp3) is 0.625. The van der Waals surface area contributed by atoms with Crippen molar-refractivity contribution in [2.24, 2.45) is 11.7 Å². The van der Waals surface area contributed by atoms with Gasteiger partial charge in [0.05, 0.1) is 18.8 Å². The van der Waals surface area contributed by atoms with E-state index in [1.807, 2.05) is 25.1 Å². The summed E-state index contributed by atoms with van der Waals surface area (Å²) in [6, 6.07) is 5.42. The molecule has 0 bridgehead atoms. The topological polar surface area (TPSA) is 55.5 Å². The Labute approximate surface area is 141 Å². The number of nitrogens with two attached hydrogens (primary N) is 1. The first-order valence-corrected chi connectivity index (χ1v) is 8.28. The molecule has 0 aliphatic heterocycles. The summed E-state index contributed by atoms with van der Waals surface area (Å²) >= 11 is 3.47. The fourth-order valence-corrected chi connectivity index (χ4v) is 3.40. The van der Waals surface area contributed by atoms with E-state index >= 15 is 0 Å². The van der Waals surface area contributed by atoms with Crippen LogP contribution < -0.4 is 10.5 Å². The Morgan fingerprint density at radius 2 is 2.00 bits per heavy atom. The predicted octanol–water partition coefficient (Wildman–Crippen LogP) is 4.21. The molecular weight excluding hydrogens is 354 g/mol. The van der Waals surface area contributed by atoms with E-state index in [1.165, 1.54) is 19.3 Å². The third-order valence-electron chi connectivity index (χ3n) is 4.13. The smallest absolute Gasteiger partial charge is 0.124 e. The lowest BCUT2D eigenvalue weighted by Gasteiger charge is -2.31. The third-order valence-corrected chi connectivity index (χ3v) is 4.62. The molecule has 21 heavy (non-hydrogen) atoms. The normalized spacial score (nSPS) is 18.7. The van der Waals surface area contributed by atoms with Crippen molar-refractivity contribution in [2.45, 2.75) is 51.2 Å². The molecule has 1 saturated carbocycles. The third kappa shape index (κ3) is 4.85. The molecule has 3 nitrogen and oxygen atoms in total. The van der Waals surface area contributed by atoms with E-state index in [0.29, 0.717) is 12.5 Å². The van der Waals surface area contributed by atoms with Crippen LogP contribution in [0.1, 0.15) is 50.6 Å². The van der Waals surface area contributed by atoms with Gasteiger partial charge in [0.2, 0.25) is 0 Å². The highest BCUT2D eigenvalue weighted by molar-refractivity contribution is 9.10. The van der Waals surface area contributed by atoms with E-state index in [1.54, 1.807) is 0 Å². The SMILES string of the molecule is CCOc1ccc(Br)cc1[C@H](N)[C@H](O)C1CCCCC1.Cl. The molecule has 0 amide bonds. The Bertz CT molecular complexity index is 438. The van der Waals surface area contributed by atoms with Gasteiger partial charge < -0.3 is 15.6 Å². The van der Waals surface area contributed by atoms with Crippen molar-refractivity contribution in [2.75, 3.05) is 6.61 Å². The molecule has 1 fully saturated rings. The van der Waals surface area contributed by atoms with Crippen LogP contribution in [0.25, 0.3) is 0 Å². The monoisotopic (exact) mass is 377 g/mol. The Kier molecular flexibility index (Phi) is 8.03. The van der Waals surface area contributed by atoms with Crippen LogP contribution in [0.3, 0.4) is 0 Å². The lowest BCUT2D eigenvalue weighted by molar-refractivity contribution is 0.0609. The minimum absolute atomic E-state index is 0. The predicted molar refractivity (Wildman–Crippen MR) is 92.1 cm³/mol. The maximum absolute atomic E-state index is 10.6. The van der Waals surface area contributed by atoms with E-state index in [2.05, 4.69) is 15.9 Å². The summed E-state index contributed by atoms with van der Waals surface area (Å²) < 4.78 is 6.60. The van der Waals surface area contributed by atoms with Gasteiger partial charge in [-0.15, -0.1) is 12.4 Å². The van der Waals surface area contributed by atoms with Crippen LogP contribution in [0.5, 0.6) is 5.75 Å². The van der Waals surface area contributed by atoms with Gasteiger partial charge in [0.1, 0.15) is 5.75 Å². The Morgan fingerprint density at radius 3 is 2.62 bits per heavy atom. The van der Waals surface area contributed by atoms with Crippen molar-refractivity contribution in [3.63, 3.8) is 0 Å². The zero-order valence-corrected chi connectivity index (χ0v) is 14.8. The molecule has 0 aromatic heterocycles. The largest absolute Gasteiger partial charge is 0.494 e. The van der Waals surface area contributed by atoms with Gasteiger partial charge in [-0.3, -0.25) is 0 Å². The molecule has 120 valence electrons. The fourth-order valence-electron chi connectivity index (χ4n) is 3.02.